The van der Waals surface area contributed by atoms with Crippen molar-refractivity contribution in [3.63, 3.8) is 0 Å². The zero-order chi connectivity index (χ0) is 23.5. The van der Waals surface area contributed by atoms with Crippen molar-refractivity contribution >= 4 is 0 Å². The van der Waals surface area contributed by atoms with E-state index in [1.807, 2.05) is 31.2 Å². The molecule has 0 unspecified atom stereocenters. The van der Waals surface area contributed by atoms with E-state index in [-0.39, 0.29) is 0 Å². The van der Waals surface area contributed by atoms with Gasteiger partial charge in [-0.1, -0.05) is 94.7 Å². The average molecular weight is 455 g/mol. The molecule has 1 nitrogen and oxygen atoms in total. The van der Waals surface area contributed by atoms with Gasteiger partial charge in [0.2, 0.25) is 0 Å². The van der Waals surface area contributed by atoms with Crippen molar-refractivity contribution in [2.24, 2.45) is 11.8 Å². The third kappa shape index (κ3) is 7.69. The monoisotopic (exact) mass is 454 g/mol. The van der Waals surface area contributed by atoms with Gasteiger partial charge in [-0.2, -0.15) is 0 Å². The summed E-state index contributed by atoms with van der Waals surface area (Å²) >= 11 is 0. The molecule has 33 heavy (non-hydrogen) atoms. The van der Waals surface area contributed by atoms with Gasteiger partial charge in [0.1, 0.15) is 5.75 Å². The van der Waals surface area contributed by atoms with Gasteiger partial charge in [-0.25, -0.2) is 8.78 Å². The van der Waals surface area contributed by atoms with Crippen LogP contribution in [-0.4, -0.2) is 6.61 Å². The highest BCUT2D eigenvalue weighted by Gasteiger charge is 2.22. The number of benzene rings is 2. The van der Waals surface area contributed by atoms with Crippen molar-refractivity contribution in [3.8, 4) is 16.9 Å². The second-order valence-corrected chi connectivity index (χ2v) is 9.55. The van der Waals surface area contributed by atoms with Crippen LogP contribution in [0.15, 0.2) is 48.6 Å². The Morgan fingerprint density at radius 3 is 2.24 bits per heavy atom. The summed E-state index contributed by atoms with van der Waals surface area (Å²) in [6.07, 6.45) is 16.9. The van der Waals surface area contributed by atoms with Crippen LogP contribution in [0.25, 0.3) is 11.1 Å². The summed E-state index contributed by atoms with van der Waals surface area (Å²) in [5.41, 5.74) is 1.48. The molecule has 0 N–H and O–H groups in total. The smallest absolute Gasteiger partial charge is 0.166 e. The Labute approximate surface area is 199 Å². The number of rotatable bonds is 12. The van der Waals surface area contributed by atoms with Gasteiger partial charge < -0.3 is 4.74 Å². The minimum absolute atomic E-state index is 0.310. The number of unbranched alkanes of at least 4 members (excludes halogenated alkanes) is 2. The van der Waals surface area contributed by atoms with Crippen molar-refractivity contribution in [1.29, 1.82) is 0 Å². The van der Waals surface area contributed by atoms with Gasteiger partial charge in [-0.05, 0) is 61.3 Å². The maximum Gasteiger partial charge on any atom is 0.166 e. The lowest BCUT2D eigenvalue weighted by Gasteiger charge is -2.28. The molecule has 0 aromatic heterocycles. The Kier molecular flexibility index (Phi) is 10.4. The van der Waals surface area contributed by atoms with E-state index in [1.54, 1.807) is 24.3 Å². The lowest BCUT2D eigenvalue weighted by Crippen LogP contribution is -2.15. The third-order valence-corrected chi connectivity index (χ3v) is 7.12. The molecular weight excluding hydrogens is 414 g/mol. The summed E-state index contributed by atoms with van der Waals surface area (Å²) < 4.78 is 35.4. The summed E-state index contributed by atoms with van der Waals surface area (Å²) in [6.45, 7) is 4.83. The van der Waals surface area contributed by atoms with E-state index in [1.165, 1.54) is 51.4 Å². The second kappa shape index (κ2) is 13.5. The first-order valence-corrected chi connectivity index (χ1v) is 12.9. The molecule has 0 radical (unpaired) electrons. The maximum atomic E-state index is 14.9. The molecule has 0 saturated heterocycles. The van der Waals surface area contributed by atoms with Gasteiger partial charge in [0.05, 0.1) is 6.61 Å². The van der Waals surface area contributed by atoms with Crippen LogP contribution in [0, 0.1) is 23.5 Å². The molecule has 0 bridgehead atoms. The molecule has 1 saturated carbocycles. The highest BCUT2D eigenvalue weighted by atomic mass is 19.2. The van der Waals surface area contributed by atoms with Gasteiger partial charge in [0.25, 0.3) is 0 Å². The fraction of sp³-hybridized carbons (Fsp3) is 0.533. The normalized spacial score (nSPS) is 18.7. The molecule has 1 aliphatic rings. The van der Waals surface area contributed by atoms with Crippen LogP contribution in [0.3, 0.4) is 0 Å². The summed E-state index contributed by atoms with van der Waals surface area (Å²) in [4.78, 5) is 0. The number of hydrogen-bond acceptors (Lipinski definition) is 1. The van der Waals surface area contributed by atoms with Crippen LogP contribution in [0.1, 0.15) is 83.6 Å². The highest BCUT2D eigenvalue weighted by Crippen LogP contribution is 2.35. The van der Waals surface area contributed by atoms with Gasteiger partial charge in [0.15, 0.2) is 11.6 Å². The summed E-state index contributed by atoms with van der Waals surface area (Å²) in [5, 5.41) is 0. The highest BCUT2D eigenvalue weighted by molar-refractivity contribution is 5.65. The standard InChI is InChI=1S/C30H40F2O/c1-3-5-7-9-23-10-12-24(13-11-23)14-15-26-18-21-28(30(32)29(26)31)25-16-19-27(20-17-25)33-22-8-6-4-2/h4,6,16-21,23-24H,3,5,7-15,22H2,1-2H3/b6-4+. The van der Waals surface area contributed by atoms with Crippen LogP contribution in [0.4, 0.5) is 8.78 Å². The lowest BCUT2D eigenvalue weighted by atomic mass is 9.77. The van der Waals surface area contributed by atoms with Gasteiger partial charge in [0, 0.05) is 5.56 Å². The number of aryl methyl sites for hydroxylation is 1. The molecule has 2 aromatic carbocycles. The van der Waals surface area contributed by atoms with Crippen molar-refractivity contribution in [1.82, 2.24) is 0 Å². The predicted octanol–water partition coefficient (Wildman–Crippen LogP) is 9.30. The fourth-order valence-electron chi connectivity index (χ4n) is 5.00. The predicted molar refractivity (Wildman–Crippen MR) is 135 cm³/mol. The zero-order valence-corrected chi connectivity index (χ0v) is 20.4. The topological polar surface area (TPSA) is 9.23 Å². The molecule has 1 fully saturated rings. The van der Waals surface area contributed by atoms with E-state index in [2.05, 4.69) is 6.92 Å². The van der Waals surface area contributed by atoms with E-state index in [0.717, 1.165) is 24.5 Å². The minimum atomic E-state index is -0.742. The number of allylic oxidation sites excluding steroid dienone is 1. The Balaban J connectivity index is 1.52. The van der Waals surface area contributed by atoms with Crippen molar-refractivity contribution in [2.45, 2.75) is 84.5 Å². The van der Waals surface area contributed by atoms with Crippen LogP contribution in [0.5, 0.6) is 5.75 Å². The summed E-state index contributed by atoms with van der Waals surface area (Å²) in [7, 11) is 0. The van der Waals surface area contributed by atoms with E-state index in [4.69, 9.17) is 4.74 Å². The molecule has 2 aromatic rings. The molecule has 180 valence electrons. The molecule has 3 rings (SSSR count). The molecule has 0 aliphatic heterocycles. The molecule has 0 amide bonds. The van der Waals surface area contributed by atoms with Gasteiger partial charge in [-0.15, -0.1) is 0 Å². The zero-order valence-electron chi connectivity index (χ0n) is 20.4. The molecule has 3 heteroatoms. The SMILES string of the molecule is C/C=C/CCOc1ccc(-c2ccc(CCC3CCC(CCCCC)CC3)c(F)c2F)cc1. The van der Waals surface area contributed by atoms with Crippen molar-refractivity contribution in [3.05, 3.63) is 65.7 Å². The average Bonchev–Trinajstić information content (AvgIpc) is 2.84. The van der Waals surface area contributed by atoms with Gasteiger partial charge >= 0.3 is 0 Å². The van der Waals surface area contributed by atoms with Crippen molar-refractivity contribution in [2.75, 3.05) is 6.61 Å². The van der Waals surface area contributed by atoms with E-state index >= 15 is 0 Å². The molecule has 0 heterocycles. The van der Waals surface area contributed by atoms with E-state index < -0.39 is 11.6 Å². The maximum absolute atomic E-state index is 14.9. The Hall–Kier alpha value is -2.16. The number of ether oxygens (including phenoxy) is 1. The van der Waals surface area contributed by atoms with Crippen LogP contribution in [-0.2, 0) is 6.42 Å². The largest absolute Gasteiger partial charge is 0.493 e. The quantitative estimate of drug-likeness (QED) is 0.229. The first-order valence-electron chi connectivity index (χ1n) is 12.9. The fourth-order valence-corrected chi connectivity index (χ4v) is 5.00. The third-order valence-electron chi connectivity index (χ3n) is 7.12. The summed E-state index contributed by atoms with van der Waals surface area (Å²) in [5.74, 6) is 0.836. The number of hydrogen-bond donors (Lipinski definition) is 0. The Morgan fingerprint density at radius 2 is 1.58 bits per heavy atom. The van der Waals surface area contributed by atoms with Crippen LogP contribution in [0.2, 0.25) is 0 Å². The molecular formula is C30H40F2O. The Bertz CT molecular complexity index is 864. The van der Waals surface area contributed by atoms with E-state index in [9.17, 15) is 8.78 Å². The second-order valence-electron chi connectivity index (χ2n) is 9.55. The van der Waals surface area contributed by atoms with Crippen LogP contribution < -0.4 is 4.74 Å². The lowest BCUT2D eigenvalue weighted by molar-refractivity contribution is 0.248. The molecule has 0 spiro atoms. The Morgan fingerprint density at radius 1 is 0.879 bits per heavy atom. The van der Waals surface area contributed by atoms with Gasteiger partial charge in [-0.3, -0.25) is 0 Å². The van der Waals surface area contributed by atoms with E-state index in [0.29, 0.717) is 35.6 Å². The minimum Gasteiger partial charge on any atom is -0.493 e. The van der Waals surface area contributed by atoms with Crippen molar-refractivity contribution < 1.29 is 13.5 Å². The molecule has 1 aliphatic carbocycles. The first kappa shape index (κ1) is 25.5. The van der Waals surface area contributed by atoms with Crippen LogP contribution >= 0.6 is 0 Å². The number of halogens is 2. The summed E-state index contributed by atoms with van der Waals surface area (Å²) in [6, 6.07) is 10.7. The molecule has 0 atom stereocenters. The first-order chi connectivity index (χ1) is 16.1.